The van der Waals surface area contributed by atoms with Crippen LogP contribution in [0, 0.1) is 5.82 Å². The first-order valence-electron chi connectivity index (χ1n) is 14.3. The number of piperazine rings is 1. The molecule has 42 heavy (non-hydrogen) atoms. The molecule has 8 nitrogen and oxygen atoms in total. The molecule has 3 aromatic carbocycles. The number of amides is 3. The minimum Gasteiger partial charge on any atom is -0.366 e. The fraction of sp³-hybridized carbons (Fsp3) is 0.375. The van der Waals surface area contributed by atoms with Crippen molar-refractivity contribution in [2.24, 2.45) is 0 Å². The van der Waals surface area contributed by atoms with Gasteiger partial charge in [0.15, 0.2) is 9.84 Å². The van der Waals surface area contributed by atoms with Crippen molar-refractivity contribution in [2.75, 3.05) is 50.4 Å². The average molecular weight is 593 g/mol. The van der Waals surface area contributed by atoms with Crippen molar-refractivity contribution in [1.82, 2.24) is 15.1 Å². The van der Waals surface area contributed by atoms with Gasteiger partial charge in [-0.3, -0.25) is 4.79 Å². The van der Waals surface area contributed by atoms with Gasteiger partial charge in [0.2, 0.25) is 5.91 Å². The van der Waals surface area contributed by atoms with Crippen molar-refractivity contribution in [3.63, 3.8) is 0 Å². The lowest BCUT2D eigenvalue weighted by Crippen LogP contribution is -2.57. The third-order valence-electron chi connectivity index (χ3n) is 8.53. The molecule has 2 aliphatic heterocycles. The van der Waals surface area contributed by atoms with E-state index in [1.807, 2.05) is 77.4 Å². The minimum absolute atomic E-state index is 0.0327. The second-order valence-corrected chi connectivity index (χ2v) is 13.2. The maximum Gasteiger partial charge on any atom is 0.320 e. The van der Waals surface area contributed by atoms with Crippen LogP contribution in [0.3, 0.4) is 0 Å². The maximum absolute atomic E-state index is 14.7. The number of piperidine rings is 1. The lowest BCUT2D eigenvalue weighted by Gasteiger charge is -2.44. The zero-order valence-electron chi connectivity index (χ0n) is 24.0. The number of benzene rings is 3. The fourth-order valence-corrected chi connectivity index (χ4v) is 6.59. The molecule has 2 fully saturated rings. The summed E-state index contributed by atoms with van der Waals surface area (Å²) >= 11 is 0. The molecule has 0 radical (unpaired) electrons. The SMILES string of the molecule is CC(NC(=O)C1(c2ccccc2)CCN(C(=O)N2CCN(c3ccc(S(C)(=O)=O)cc3F)CC2)CC1)c1ccccc1. The maximum atomic E-state index is 14.7. The third-order valence-corrected chi connectivity index (χ3v) is 9.64. The van der Waals surface area contributed by atoms with E-state index >= 15 is 0 Å². The van der Waals surface area contributed by atoms with E-state index in [2.05, 4.69) is 5.32 Å². The second kappa shape index (κ2) is 12.1. The van der Waals surface area contributed by atoms with Crippen LogP contribution in [0.5, 0.6) is 0 Å². The van der Waals surface area contributed by atoms with Crippen LogP contribution in [0.4, 0.5) is 14.9 Å². The van der Waals surface area contributed by atoms with E-state index in [1.165, 1.54) is 12.1 Å². The predicted octanol–water partition coefficient (Wildman–Crippen LogP) is 4.38. The highest BCUT2D eigenvalue weighted by Crippen LogP contribution is 2.37. The van der Waals surface area contributed by atoms with Gasteiger partial charge in [0.1, 0.15) is 5.82 Å². The molecular formula is C32H37FN4O4S. The number of halogens is 1. The number of rotatable bonds is 6. The van der Waals surface area contributed by atoms with Gasteiger partial charge in [-0.25, -0.2) is 17.6 Å². The summed E-state index contributed by atoms with van der Waals surface area (Å²) in [6, 6.07) is 23.4. The van der Waals surface area contributed by atoms with Crippen LogP contribution in [0.25, 0.3) is 0 Å². The number of anilines is 1. The summed E-state index contributed by atoms with van der Waals surface area (Å²) in [7, 11) is -3.50. The predicted molar refractivity (Wildman–Crippen MR) is 161 cm³/mol. The van der Waals surface area contributed by atoms with Gasteiger partial charge in [0.05, 0.1) is 22.0 Å². The second-order valence-electron chi connectivity index (χ2n) is 11.2. The summed E-state index contributed by atoms with van der Waals surface area (Å²) in [6.45, 7) is 4.58. The van der Waals surface area contributed by atoms with Crippen LogP contribution in [-0.2, 0) is 20.0 Å². The Labute approximate surface area is 247 Å². The Kier molecular flexibility index (Phi) is 8.54. The zero-order chi connectivity index (χ0) is 29.9. The summed E-state index contributed by atoms with van der Waals surface area (Å²) in [5.41, 5.74) is 1.57. The molecule has 2 heterocycles. The Balaban J connectivity index is 1.23. The number of likely N-dealkylation sites (tertiary alicyclic amines) is 1. The molecule has 0 aromatic heterocycles. The summed E-state index contributed by atoms with van der Waals surface area (Å²) in [4.78, 5) is 32.7. The average Bonchev–Trinajstić information content (AvgIpc) is 3.01. The van der Waals surface area contributed by atoms with E-state index in [1.54, 1.807) is 4.90 Å². The van der Waals surface area contributed by atoms with Crippen molar-refractivity contribution in [3.8, 4) is 0 Å². The number of urea groups is 1. The van der Waals surface area contributed by atoms with Crippen LogP contribution in [-0.4, -0.2) is 75.7 Å². The number of hydrogen-bond acceptors (Lipinski definition) is 5. The first kappa shape index (κ1) is 29.6. The van der Waals surface area contributed by atoms with Crippen molar-refractivity contribution in [2.45, 2.75) is 36.1 Å². The highest BCUT2D eigenvalue weighted by molar-refractivity contribution is 7.90. The number of sulfone groups is 1. The van der Waals surface area contributed by atoms with Gasteiger partial charge in [-0.05, 0) is 49.1 Å². The molecule has 3 aromatic rings. The van der Waals surface area contributed by atoms with E-state index in [9.17, 15) is 22.4 Å². The highest BCUT2D eigenvalue weighted by atomic mass is 32.2. The van der Waals surface area contributed by atoms with Crippen molar-refractivity contribution < 1.29 is 22.4 Å². The fourth-order valence-electron chi connectivity index (χ4n) is 5.96. The molecule has 1 unspecified atom stereocenters. The van der Waals surface area contributed by atoms with E-state index < -0.39 is 21.1 Å². The third kappa shape index (κ3) is 6.13. The lowest BCUT2D eigenvalue weighted by molar-refractivity contribution is -0.129. The molecular weight excluding hydrogens is 555 g/mol. The molecule has 0 bridgehead atoms. The smallest absolute Gasteiger partial charge is 0.320 e. The summed E-state index contributed by atoms with van der Waals surface area (Å²) < 4.78 is 38.2. The van der Waals surface area contributed by atoms with E-state index in [0.717, 1.165) is 23.4 Å². The van der Waals surface area contributed by atoms with Gasteiger partial charge < -0.3 is 20.0 Å². The van der Waals surface area contributed by atoms with Gasteiger partial charge in [-0.1, -0.05) is 60.7 Å². The van der Waals surface area contributed by atoms with Crippen LogP contribution in [0.15, 0.2) is 83.8 Å². The van der Waals surface area contributed by atoms with Gasteiger partial charge in [-0.2, -0.15) is 0 Å². The highest BCUT2D eigenvalue weighted by Gasteiger charge is 2.44. The topological polar surface area (TPSA) is 90.0 Å². The van der Waals surface area contributed by atoms with Gasteiger partial charge in [0, 0.05) is 45.5 Å². The first-order valence-corrected chi connectivity index (χ1v) is 16.2. The molecule has 3 amide bonds. The van der Waals surface area contributed by atoms with Crippen LogP contribution in [0.1, 0.15) is 36.9 Å². The van der Waals surface area contributed by atoms with Crippen molar-refractivity contribution in [1.29, 1.82) is 0 Å². The Morgan fingerprint density at radius 1 is 0.833 bits per heavy atom. The Morgan fingerprint density at radius 3 is 1.98 bits per heavy atom. The molecule has 2 saturated heterocycles. The molecule has 1 atom stereocenters. The quantitative estimate of drug-likeness (QED) is 0.459. The largest absolute Gasteiger partial charge is 0.366 e. The molecule has 222 valence electrons. The van der Waals surface area contributed by atoms with Crippen LogP contribution < -0.4 is 10.2 Å². The zero-order valence-corrected chi connectivity index (χ0v) is 24.8. The molecule has 10 heteroatoms. The number of carbonyl (C=O) groups excluding carboxylic acids is 2. The van der Waals surface area contributed by atoms with Crippen molar-refractivity contribution in [3.05, 3.63) is 95.8 Å². The Bertz CT molecular complexity index is 1520. The molecule has 2 aliphatic rings. The van der Waals surface area contributed by atoms with Crippen LogP contribution in [0.2, 0.25) is 0 Å². The molecule has 5 rings (SSSR count). The normalized spacial score (nSPS) is 17.9. The standard InChI is InChI=1S/C32H37FN4O4S/c1-24(25-9-5-3-6-10-25)34-30(38)32(26-11-7-4-8-12-26)15-17-36(18-16-32)31(39)37-21-19-35(20-22-37)29-14-13-27(23-28(29)33)42(2,40)41/h3-14,23-24H,15-22H2,1-2H3,(H,34,38). The van der Waals surface area contributed by atoms with E-state index in [4.69, 9.17) is 0 Å². The van der Waals surface area contributed by atoms with Gasteiger partial charge in [-0.15, -0.1) is 0 Å². The summed E-state index contributed by atoms with van der Waals surface area (Å²) in [6.07, 6.45) is 2.07. The molecule has 0 spiro atoms. The number of hydrogen-bond donors (Lipinski definition) is 1. The lowest BCUT2D eigenvalue weighted by atomic mass is 9.71. The minimum atomic E-state index is -3.50. The van der Waals surface area contributed by atoms with E-state index in [0.29, 0.717) is 57.8 Å². The van der Waals surface area contributed by atoms with E-state index in [-0.39, 0.29) is 22.9 Å². The van der Waals surface area contributed by atoms with Gasteiger partial charge in [0.25, 0.3) is 0 Å². The monoisotopic (exact) mass is 592 g/mol. The first-order chi connectivity index (χ1) is 20.1. The molecule has 0 saturated carbocycles. The number of carbonyl (C=O) groups is 2. The summed E-state index contributed by atoms with van der Waals surface area (Å²) in [5, 5.41) is 3.23. The number of nitrogens with zero attached hydrogens (tertiary/aromatic N) is 3. The number of nitrogens with one attached hydrogen (secondary N) is 1. The summed E-state index contributed by atoms with van der Waals surface area (Å²) in [5.74, 6) is -0.625. The molecule has 1 N–H and O–H groups in total. The van der Waals surface area contributed by atoms with Gasteiger partial charge >= 0.3 is 6.03 Å². The Hall–Kier alpha value is -3.92. The Morgan fingerprint density at radius 2 is 1.40 bits per heavy atom. The van der Waals surface area contributed by atoms with Crippen molar-refractivity contribution >= 4 is 27.5 Å². The molecule has 0 aliphatic carbocycles. The van der Waals surface area contributed by atoms with Crippen LogP contribution >= 0.6 is 0 Å².